The summed E-state index contributed by atoms with van der Waals surface area (Å²) in [5.74, 6) is 1.51. The van der Waals surface area contributed by atoms with E-state index in [0.717, 1.165) is 17.3 Å². The van der Waals surface area contributed by atoms with Crippen LogP contribution < -0.4 is 11.5 Å². The molecule has 0 spiro atoms. The van der Waals surface area contributed by atoms with E-state index < -0.39 is 0 Å². The van der Waals surface area contributed by atoms with E-state index in [1.165, 1.54) is 36.8 Å². The molecule has 2 aromatic carbocycles. The summed E-state index contributed by atoms with van der Waals surface area (Å²) in [6.07, 6.45) is 5.31. The molecule has 3 unspecified atom stereocenters. The van der Waals surface area contributed by atoms with Gasteiger partial charge >= 0.3 is 0 Å². The molecule has 4 N–H and O–H groups in total. The Hall–Kier alpha value is -1.96. The molecule has 2 heteroatoms. The number of hydrogen-bond acceptors (Lipinski definition) is 2. The van der Waals surface area contributed by atoms with Gasteiger partial charge in [0.2, 0.25) is 0 Å². The van der Waals surface area contributed by atoms with Gasteiger partial charge in [0.25, 0.3) is 0 Å². The maximum Gasteiger partial charge on any atom is 0.0314 e. The van der Waals surface area contributed by atoms with Crippen molar-refractivity contribution in [2.75, 3.05) is 11.5 Å². The second kappa shape index (κ2) is 4.52. The van der Waals surface area contributed by atoms with Crippen molar-refractivity contribution >= 4 is 11.4 Å². The third kappa shape index (κ3) is 1.93. The molecule has 2 saturated carbocycles. The average Bonchev–Trinajstić information content (AvgIpc) is 3.08. The molecule has 0 aromatic heterocycles. The number of anilines is 2. The van der Waals surface area contributed by atoms with Gasteiger partial charge in [-0.3, -0.25) is 0 Å². The fourth-order valence-corrected chi connectivity index (χ4v) is 4.72. The van der Waals surface area contributed by atoms with Gasteiger partial charge in [0, 0.05) is 16.8 Å². The van der Waals surface area contributed by atoms with Crippen LogP contribution in [-0.2, 0) is 5.41 Å². The molecule has 21 heavy (non-hydrogen) atoms. The van der Waals surface area contributed by atoms with Gasteiger partial charge < -0.3 is 11.5 Å². The third-order valence-electron chi connectivity index (χ3n) is 5.71. The minimum atomic E-state index is 0.314. The maximum atomic E-state index is 5.87. The van der Waals surface area contributed by atoms with Crippen LogP contribution in [0.1, 0.15) is 42.7 Å². The monoisotopic (exact) mass is 278 g/mol. The van der Waals surface area contributed by atoms with Crippen LogP contribution in [-0.4, -0.2) is 0 Å². The van der Waals surface area contributed by atoms with Gasteiger partial charge in [-0.05, 0) is 72.9 Å². The Kier molecular flexibility index (Phi) is 2.75. The van der Waals surface area contributed by atoms with Crippen LogP contribution in [0.2, 0.25) is 0 Å². The lowest BCUT2D eigenvalue weighted by Crippen LogP contribution is -2.28. The Balaban J connectivity index is 1.77. The van der Waals surface area contributed by atoms with Crippen LogP contribution in [0.15, 0.2) is 48.5 Å². The summed E-state index contributed by atoms with van der Waals surface area (Å²) in [4.78, 5) is 0. The molecule has 0 saturated heterocycles. The van der Waals surface area contributed by atoms with Crippen LogP contribution in [0.5, 0.6) is 0 Å². The maximum absolute atomic E-state index is 5.87. The Morgan fingerprint density at radius 1 is 0.857 bits per heavy atom. The molecule has 0 radical (unpaired) electrons. The Morgan fingerprint density at radius 3 is 2.10 bits per heavy atom. The average molecular weight is 278 g/mol. The van der Waals surface area contributed by atoms with Crippen LogP contribution >= 0.6 is 0 Å². The molecule has 2 fully saturated rings. The topological polar surface area (TPSA) is 52.0 Å². The molecular weight excluding hydrogens is 256 g/mol. The van der Waals surface area contributed by atoms with Crippen molar-refractivity contribution in [1.29, 1.82) is 0 Å². The van der Waals surface area contributed by atoms with E-state index in [9.17, 15) is 0 Å². The highest BCUT2D eigenvalue weighted by atomic mass is 14.6. The zero-order valence-corrected chi connectivity index (χ0v) is 12.3. The minimum absolute atomic E-state index is 0.314. The number of rotatable bonds is 2. The van der Waals surface area contributed by atoms with Crippen LogP contribution in [0.4, 0.5) is 11.4 Å². The van der Waals surface area contributed by atoms with Gasteiger partial charge in [0.05, 0.1) is 0 Å². The number of fused-ring (bicyclic) bond motifs is 2. The molecule has 2 aliphatic rings. The Labute approximate surface area is 126 Å². The molecule has 0 heterocycles. The van der Waals surface area contributed by atoms with Crippen molar-refractivity contribution < 1.29 is 0 Å². The van der Waals surface area contributed by atoms with Gasteiger partial charge in [-0.25, -0.2) is 0 Å². The van der Waals surface area contributed by atoms with Crippen molar-refractivity contribution in [3.63, 3.8) is 0 Å². The first-order valence-electron chi connectivity index (χ1n) is 7.89. The summed E-state index contributed by atoms with van der Waals surface area (Å²) in [7, 11) is 0. The van der Waals surface area contributed by atoms with E-state index in [4.69, 9.17) is 11.5 Å². The Morgan fingerprint density at radius 2 is 1.48 bits per heavy atom. The molecule has 2 aliphatic carbocycles. The van der Waals surface area contributed by atoms with E-state index >= 15 is 0 Å². The lowest BCUT2D eigenvalue weighted by molar-refractivity contribution is 0.359. The Bertz CT molecular complexity index is 644. The van der Waals surface area contributed by atoms with Crippen LogP contribution in [0, 0.1) is 5.92 Å². The zero-order chi connectivity index (χ0) is 14.4. The van der Waals surface area contributed by atoms with Gasteiger partial charge in [0.15, 0.2) is 0 Å². The number of nitrogen functional groups attached to an aromatic ring is 2. The van der Waals surface area contributed by atoms with E-state index in [-0.39, 0.29) is 0 Å². The van der Waals surface area contributed by atoms with E-state index in [0.29, 0.717) is 11.3 Å². The third-order valence-corrected chi connectivity index (χ3v) is 5.71. The first-order chi connectivity index (χ1) is 10.2. The van der Waals surface area contributed by atoms with Crippen molar-refractivity contribution in [2.24, 2.45) is 5.92 Å². The summed E-state index contributed by atoms with van der Waals surface area (Å²) in [5.41, 5.74) is 16.7. The van der Waals surface area contributed by atoms with Gasteiger partial charge in [-0.1, -0.05) is 24.3 Å². The summed E-state index contributed by atoms with van der Waals surface area (Å²) in [6.45, 7) is 0. The van der Waals surface area contributed by atoms with Gasteiger partial charge in [-0.15, -0.1) is 0 Å². The summed E-state index contributed by atoms with van der Waals surface area (Å²) >= 11 is 0. The largest absolute Gasteiger partial charge is 0.399 e. The molecule has 4 rings (SSSR count). The molecule has 0 aliphatic heterocycles. The van der Waals surface area contributed by atoms with Gasteiger partial charge in [-0.2, -0.15) is 0 Å². The van der Waals surface area contributed by atoms with E-state index in [1.807, 2.05) is 12.1 Å². The molecule has 2 aromatic rings. The van der Waals surface area contributed by atoms with Crippen molar-refractivity contribution in [3.8, 4) is 0 Å². The quantitative estimate of drug-likeness (QED) is 0.813. The van der Waals surface area contributed by atoms with E-state index in [1.54, 1.807) is 0 Å². The molecule has 0 amide bonds. The second-order valence-electron chi connectivity index (χ2n) is 6.84. The van der Waals surface area contributed by atoms with Gasteiger partial charge in [0.1, 0.15) is 0 Å². The summed E-state index contributed by atoms with van der Waals surface area (Å²) in [5, 5.41) is 0. The number of benzene rings is 2. The molecule has 2 bridgehead atoms. The number of nitrogens with two attached hydrogens (primary N) is 2. The zero-order valence-electron chi connectivity index (χ0n) is 12.3. The lowest BCUT2D eigenvalue weighted by atomic mass is 9.67. The van der Waals surface area contributed by atoms with Crippen molar-refractivity contribution in [1.82, 2.24) is 0 Å². The van der Waals surface area contributed by atoms with E-state index in [2.05, 4.69) is 36.4 Å². The predicted molar refractivity (Wildman–Crippen MR) is 88.1 cm³/mol. The highest BCUT2D eigenvalue weighted by molar-refractivity contribution is 5.47. The summed E-state index contributed by atoms with van der Waals surface area (Å²) < 4.78 is 0. The summed E-state index contributed by atoms with van der Waals surface area (Å²) in [6, 6.07) is 17.1. The SMILES string of the molecule is Nc1ccc(C2CC3CCC2(c2ccc(N)cc2)C3)cc1. The fraction of sp³-hybridized carbons (Fsp3) is 0.368. The lowest BCUT2D eigenvalue weighted by Gasteiger charge is -2.36. The normalized spacial score (nSPS) is 30.7. The highest BCUT2D eigenvalue weighted by Crippen LogP contribution is 2.62. The van der Waals surface area contributed by atoms with Crippen molar-refractivity contribution in [2.45, 2.75) is 37.0 Å². The smallest absolute Gasteiger partial charge is 0.0314 e. The standard InChI is InChI=1S/C19H22N2/c20-16-5-1-14(2-6-16)18-11-13-9-10-19(18,12-13)15-3-7-17(21)8-4-15/h1-8,13,18H,9-12,20-21H2. The van der Waals surface area contributed by atoms with Crippen molar-refractivity contribution in [3.05, 3.63) is 59.7 Å². The van der Waals surface area contributed by atoms with Crippen LogP contribution in [0.25, 0.3) is 0 Å². The fourth-order valence-electron chi connectivity index (χ4n) is 4.72. The second-order valence-corrected chi connectivity index (χ2v) is 6.84. The minimum Gasteiger partial charge on any atom is -0.399 e. The molecule has 108 valence electrons. The molecular formula is C19H22N2. The predicted octanol–water partition coefficient (Wildman–Crippen LogP) is 4.08. The molecule has 3 atom stereocenters. The number of hydrogen-bond donors (Lipinski definition) is 2. The molecule has 2 nitrogen and oxygen atoms in total. The van der Waals surface area contributed by atoms with Crippen LogP contribution in [0.3, 0.4) is 0 Å². The first kappa shape index (κ1) is 12.8. The highest BCUT2D eigenvalue weighted by Gasteiger charge is 2.53. The first-order valence-corrected chi connectivity index (χ1v) is 7.89.